The molecule has 0 radical (unpaired) electrons. The molecule has 15 heavy (non-hydrogen) atoms. The standard InChI is InChI=1S/C9H12ClN3S2/c1-14-9-12-7(10)4-8(13-9)15-6-2-3-11-5-6/h4,6,11H,2-3,5H2,1H3. The first kappa shape index (κ1) is 11.5. The lowest BCUT2D eigenvalue weighted by atomic mass is 10.4. The fourth-order valence-corrected chi connectivity index (χ4v) is 3.26. The number of hydrogen-bond donors (Lipinski definition) is 1. The summed E-state index contributed by atoms with van der Waals surface area (Å²) in [4.78, 5) is 8.53. The Morgan fingerprint density at radius 2 is 2.40 bits per heavy atom. The molecule has 2 heterocycles. The molecule has 1 fully saturated rings. The molecule has 1 saturated heterocycles. The minimum Gasteiger partial charge on any atom is -0.316 e. The van der Waals surface area contributed by atoms with Gasteiger partial charge in [0.2, 0.25) is 0 Å². The van der Waals surface area contributed by atoms with Crippen LogP contribution in [0.15, 0.2) is 16.2 Å². The maximum absolute atomic E-state index is 5.92. The Bertz CT molecular complexity index is 342. The van der Waals surface area contributed by atoms with Crippen molar-refractivity contribution in [3.63, 3.8) is 0 Å². The highest BCUT2D eigenvalue weighted by Gasteiger charge is 2.16. The minimum absolute atomic E-state index is 0.530. The second-order valence-electron chi connectivity index (χ2n) is 3.25. The molecule has 0 aromatic carbocycles. The van der Waals surface area contributed by atoms with Crippen molar-refractivity contribution in [2.24, 2.45) is 0 Å². The van der Waals surface area contributed by atoms with Crippen molar-refractivity contribution in [2.75, 3.05) is 19.3 Å². The van der Waals surface area contributed by atoms with Crippen molar-refractivity contribution >= 4 is 35.1 Å². The molecule has 1 atom stereocenters. The number of thioether (sulfide) groups is 2. The fourth-order valence-electron chi connectivity index (χ4n) is 1.43. The van der Waals surface area contributed by atoms with Gasteiger partial charge in [0.1, 0.15) is 10.2 Å². The zero-order valence-electron chi connectivity index (χ0n) is 8.36. The van der Waals surface area contributed by atoms with Gasteiger partial charge in [0, 0.05) is 17.9 Å². The SMILES string of the molecule is CSc1nc(Cl)cc(SC2CCNC2)n1. The highest BCUT2D eigenvalue weighted by Crippen LogP contribution is 2.28. The molecule has 1 aromatic rings. The Kier molecular flexibility index (Phi) is 4.13. The molecule has 0 spiro atoms. The van der Waals surface area contributed by atoms with Gasteiger partial charge in [-0.15, -0.1) is 11.8 Å². The Labute approximate surface area is 103 Å². The lowest BCUT2D eigenvalue weighted by molar-refractivity contribution is 0.857. The Morgan fingerprint density at radius 3 is 3.07 bits per heavy atom. The predicted molar refractivity (Wildman–Crippen MR) is 66.0 cm³/mol. The summed E-state index contributed by atoms with van der Waals surface area (Å²) in [6, 6.07) is 1.84. The third-order valence-corrected chi connectivity index (χ3v) is 4.06. The number of aromatic nitrogens is 2. The quantitative estimate of drug-likeness (QED) is 0.514. The van der Waals surface area contributed by atoms with Crippen LogP contribution in [0.2, 0.25) is 5.15 Å². The molecule has 1 aliphatic heterocycles. The third kappa shape index (κ3) is 3.24. The molecule has 2 rings (SSSR count). The van der Waals surface area contributed by atoms with E-state index in [1.165, 1.54) is 18.2 Å². The molecular formula is C9H12ClN3S2. The maximum atomic E-state index is 5.92. The zero-order chi connectivity index (χ0) is 10.7. The summed E-state index contributed by atoms with van der Waals surface area (Å²) in [7, 11) is 0. The molecular weight excluding hydrogens is 250 g/mol. The summed E-state index contributed by atoms with van der Waals surface area (Å²) >= 11 is 9.22. The van der Waals surface area contributed by atoms with Gasteiger partial charge in [0.25, 0.3) is 0 Å². The predicted octanol–water partition coefficient (Wildman–Crippen LogP) is 2.31. The van der Waals surface area contributed by atoms with E-state index in [4.69, 9.17) is 11.6 Å². The fraction of sp³-hybridized carbons (Fsp3) is 0.556. The van der Waals surface area contributed by atoms with Gasteiger partial charge in [-0.25, -0.2) is 9.97 Å². The third-order valence-electron chi connectivity index (χ3n) is 2.14. The van der Waals surface area contributed by atoms with E-state index < -0.39 is 0 Å². The minimum atomic E-state index is 0.530. The van der Waals surface area contributed by atoms with Crippen LogP contribution in [-0.4, -0.2) is 34.6 Å². The van der Waals surface area contributed by atoms with Crippen LogP contribution in [0.5, 0.6) is 0 Å². The van der Waals surface area contributed by atoms with Crippen molar-refractivity contribution in [3.05, 3.63) is 11.2 Å². The van der Waals surface area contributed by atoms with Gasteiger partial charge >= 0.3 is 0 Å². The van der Waals surface area contributed by atoms with Crippen LogP contribution >= 0.6 is 35.1 Å². The number of nitrogens with zero attached hydrogens (tertiary/aromatic N) is 2. The average Bonchev–Trinajstić information content (AvgIpc) is 2.69. The van der Waals surface area contributed by atoms with Crippen LogP contribution in [-0.2, 0) is 0 Å². The van der Waals surface area contributed by atoms with Gasteiger partial charge in [-0.1, -0.05) is 23.4 Å². The summed E-state index contributed by atoms with van der Waals surface area (Å²) in [5.74, 6) is 0. The van der Waals surface area contributed by atoms with Crippen LogP contribution in [0.1, 0.15) is 6.42 Å². The normalized spacial score (nSPS) is 20.8. The van der Waals surface area contributed by atoms with Crippen molar-refractivity contribution in [2.45, 2.75) is 21.9 Å². The van der Waals surface area contributed by atoms with E-state index in [0.717, 1.165) is 23.3 Å². The summed E-state index contributed by atoms with van der Waals surface area (Å²) in [6.07, 6.45) is 3.15. The molecule has 0 bridgehead atoms. The second kappa shape index (κ2) is 5.39. The number of nitrogens with one attached hydrogen (secondary N) is 1. The molecule has 6 heteroatoms. The topological polar surface area (TPSA) is 37.8 Å². The van der Waals surface area contributed by atoms with Crippen molar-refractivity contribution < 1.29 is 0 Å². The van der Waals surface area contributed by atoms with Crippen LogP contribution in [0.25, 0.3) is 0 Å². The van der Waals surface area contributed by atoms with E-state index in [9.17, 15) is 0 Å². The van der Waals surface area contributed by atoms with Crippen molar-refractivity contribution in [3.8, 4) is 0 Å². The largest absolute Gasteiger partial charge is 0.316 e. The molecule has 82 valence electrons. The number of rotatable bonds is 3. The smallest absolute Gasteiger partial charge is 0.189 e. The first-order valence-corrected chi connectivity index (χ1v) is 7.22. The monoisotopic (exact) mass is 261 g/mol. The van der Waals surface area contributed by atoms with Crippen LogP contribution in [0.4, 0.5) is 0 Å². The molecule has 0 saturated carbocycles. The van der Waals surface area contributed by atoms with Crippen molar-refractivity contribution in [1.82, 2.24) is 15.3 Å². The Morgan fingerprint density at radius 1 is 1.53 bits per heavy atom. The molecule has 1 aliphatic rings. The molecule has 1 N–H and O–H groups in total. The van der Waals surface area contributed by atoms with E-state index in [0.29, 0.717) is 10.4 Å². The summed E-state index contributed by atoms with van der Waals surface area (Å²) in [5.41, 5.74) is 0. The van der Waals surface area contributed by atoms with Gasteiger partial charge in [-0.05, 0) is 19.2 Å². The highest BCUT2D eigenvalue weighted by molar-refractivity contribution is 8.00. The van der Waals surface area contributed by atoms with Gasteiger partial charge in [0.15, 0.2) is 5.16 Å². The summed E-state index contributed by atoms with van der Waals surface area (Å²) < 4.78 is 0. The Balaban J connectivity index is 2.09. The van der Waals surface area contributed by atoms with Crippen LogP contribution in [0.3, 0.4) is 0 Å². The molecule has 3 nitrogen and oxygen atoms in total. The summed E-state index contributed by atoms with van der Waals surface area (Å²) in [6.45, 7) is 2.16. The second-order valence-corrected chi connectivity index (χ2v) is 5.73. The van der Waals surface area contributed by atoms with Gasteiger partial charge in [-0.2, -0.15) is 0 Å². The summed E-state index contributed by atoms with van der Waals surface area (Å²) in [5, 5.41) is 6.21. The van der Waals surface area contributed by atoms with E-state index in [1.807, 2.05) is 12.3 Å². The van der Waals surface area contributed by atoms with Crippen molar-refractivity contribution in [1.29, 1.82) is 0 Å². The number of halogens is 1. The molecule has 1 aromatic heterocycles. The molecule has 0 aliphatic carbocycles. The van der Waals surface area contributed by atoms with Crippen LogP contribution in [0, 0.1) is 0 Å². The van der Waals surface area contributed by atoms with E-state index >= 15 is 0 Å². The first-order chi connectivity index (χ1) is 7.28. The van der Waals surface area contributed by atoms with E-state index in [2.05, 4.69) is 15.3 Å². The van der Waals surface area contributed by atoms with E-state index in [1.54, 1.807) is 11.8 Å². The van der Waals surface area contributed by atoms with Crippen LogP contribution < -0.4 is 5.32 Å². The van der Waals surface area contributed by atoms with E-state index in [-0.39, 0.29) is 0 Å². The lowest BCUT2D eigenvalue weighted by Gasteiger charge is -2.07. The zero-order valence-corrected chi connectivity index (χ0v) is 10.8. The Hall–Kier alpha value is 0.0300. The highest BCUT2D eigenvalue weighted by atomic mass is 35.5. The average molecular weight is 262 g/mol. The maximum Gasteiger partial charge on any atom is 0.189 e. The molecule has 0 amide bonds. The lowest BCUT2D eigenvalue weighted by Crippen LogP contribution is -2.10. The van der Waals surface area contributed by atoms with Gasteiger partial charge in [0.05, 0.1) is 0 Å². The van der Waals surface area contributed by atoms with Gasteiger partial charge < -0.3 is 5.32 Å². The number of hydrogen-bond acceptors (Lipinski definition) is 5. The first-order valence-electron chi connectivity index (χ1n) is 4.74. The van der Waals surface area contributed by atoms with Gasteiger partial charge in [-0.3, -0.25) is 0 Å². The molecule has 1 unspecified atom stereocenters.